The Labute approximate surface area is 146 Å². The van der Waals surface area contributed by atoms with Crippen LogP contribution in [-0.2, 0) is 16.1 Å². The molecule has 1 aromatic rings. The lowest BCUT2D eigenvalue weighted by Gasteiger charge is -2.58. The number of rotatable bonds is 4. The second-order valence-electron chi connectivity index (χ2n) is 8.03. The summed E-state index contributed by atoms with van der Waals surface area (Å²) in [5.74, 6) is 0.595. The third kappa shape index (κ3) is 2.71. The number of carbonyl (C=O) groups excluding carboxylic acids is 2. The summed E-state index contributed by atoms with van der Waals surface area (Å²) in [5.41, 5.74) is 6.17. The largest absolute Gasteiger partial charge is 0.460 e. The lowest BCUT2D eigenvalue weighted by molar-refractivity contribution is -0.171. The fourth-order valence-corrected chi connectivity index (χ4v) is 6.15. The lowest BCUT2D eigenvalue weighted by atomic mass is 9.49. The second kappa shape index (κ2) is 5.48. The standard InChI is InChI=1S/C19H22ClNO3/c20-19-8-13-5-14(9-19)7-18(6-13,11-19)17(23)24-10-12-1-3-15(4-2-12)16(21)22/h1-4,13-14H,5-11H2,(H2,21,22). The molecule has 4 aliphatic carbocycles. The Morgan fingerprint density at radius 3 is 2.29 bits per heavy atom. The Morgan fingerprint density at radius 2 is 1.75 bits per heavy atom. The van der Waals surface area contributed by atoms with Gasteiger partial charge in [0.1, 0.15) is 6.61 Å². The van der Waals surface area contributed by atoms with Gasteiger partial charge >= 0.3 is 5.97 Å². The zero-order chi connectivity index (χ0) is 16.9. The van der Waals surface area contributed by atoms with Crippen molar-refractivity contribution in [3.63, 3.8) is 0 Å². The average molecular weight is 348 g/mol. The van der Waals surface area contributed by atoms with E-state index in [9.17, 15) is 9.59 Å². The van der Waals surface area contributed by atoms with Gasteiger partial charge in [0.05, 0.1) is 5.41 Å². The molecule has 4 nitrogen and oxygen atoms in total. The minimum atomic E-state index is -0.459. The molecule has 4 fully saturated rings. The van der Waals surface area contributed by atoms with Crippen molar-refractivity contribution in [3.8, 4) is 0 Å². The number of amides is 1. The zero-order valence-electron chi connectivity index (χ0n) is 13.6. The van der Waals surface area contributed by atoms with Crippen molar-refractivity contribution in [1.29, 1.82) is 0 Å². The smallest absolute Gasteiger partial charge is 0.312 e. The van der Waals surface area contributed by atoms with Crippen LogP contribution in [0.25, 0.3) is 0 Å². The fourth-order valence-electron chi connectivity index (χ4n) is 5.46. The maximum atomic E-state index is 12.8. The summed E-state index contributed by atoms with van der Waals surface area (Å²) in [6.45, 7) is 0.226. The van der Waals surface area contributed by atoms with Crippen LogP contribution >= 0.6 is 11.6 Å². The molecule has 5 rings (SSSR count). The molecule has 2 N–H and O–H groups in total. The highest BCUT2D eigenvalue weighted by atomic mass is 35.5. The van der Waals surface area contributed by atoms with Crippen molar-refractivity contribution < 1.29 is 14.3 Å². The number of hydrogen-bond donors (Lipinski definition) is 1. The normalized spacial score (nSPS) is 36.5. The van der Waals surface area contributed by atoms with Crippen molar-refractivity contribution in [1.82, 2.24) is 0 Å². The molecule has 4 bridgehead atoms. The Kier molecular flexibility index (Phi) is 3.64. The number of nitrogens with two attached hydrogens (primary N) is 1. The lowest BCUT2D eigenvalue weighted by Crippen LogP contribution is -2.56. The Balaban J connectivity index is 1.44. The van der Waals surface area contributed by atoms with Crippen LogP contribution < -0.4 is 5.73 Å². The fraction of sp³-hybridized carbons (Fsp3) is 0.579. The van der Waals surface area contributed by atoms with Crippen molar-refractivity contribution >= 4 is 23.5 Å². The number of hydrogen-bond acceptors (Lipinski definition) is 3. The Bertz CT molecular complexity index is 670. The van der Waals surface area contributed by atoms with E-state index in [1.807, 2.05) is 0 Å². The van der Waals surface area contributed by atoms with Crippen LogP contribution in [0.3, 0.4) is 0 Å². The minimum Gasteiger partial charge on any atom is -0.460 e. The van der Waals surface area contributed by atoms with E-state index in [1.165, 1.54) is 6.42 Å². The van der Waals surface area contributed by atoms with Gasteiger partial charge in [0.25, 0.3) is 0 Å². The van der Waals surface area contributed by atoms with Crippen LogP contribution in [-0.4, -0.2) is 16.8 Å². The molecule has 0 saturated heterocycles. The monoisotopic (exact) mass is 347 g/mol. The second-order valence-corrected chi connectivity index (χ2v) is 8.83. The summed E-state index contributed by atoms with van der Waals surface area (Å²) in [7, 11) is 0. The highest BCUT2D eigenvalue weighted by molar-refractivity contribution is 6.24. The molecule has 128 valence electrons. The van der Waals surface area contributed by atoms with Gasteiger partial charge < -0.3 is 10.5 Å². The van der Waals surface area contributed by atoms with Crippen molar-refractivity contribution in [2.75, 3.05) is 0 Å². The molecule has 0 radical (unpaired) electrons. The number of esters is 1. The van der Waals surface area contributed by atoms with Crippen LogP contribution in [0, 0.1) is 17.3 Å². The molecule has 0 aromatic heterocycles. The Hall–Kier alpha value is -1.55. The van der Waals surface area contributed by atoms with Gasteiger partial charge in [-0.3, -0.25) is 9.59 Å². The topological polar surface area (TPSA) is 69.4 Å². The molecule has 5 heteroatoms. The van der Waals surface area contributed by atoms with Crippen LogP contribution in [0.2, 0.25) is 0 Å². The van der Waals surface area contributed by atoms with E-state index in [1.54, 1.807) is 24.3 Å². The minimum absolute atomic E-state index is 0.0967. The summed E-state index contributed by atoms with van der Waals surface area (Å²) in [6, 6.07) is 6.86. The molecular formula is C19H22ClNO3. The number of ether oxygens (including phenoxy) is 1. The van der Waals surface area contributed by atoms with Gasteiger partial charge in [0.2, 0.25) is 5.91 Å². The third-order valence-electron chi connectivity index (χ3n) is 6.03. The van der Waals surface area contributed by atoms with Crippen LogP contribution in [0.1, 0.15) is 54.4 Å². The summed E-state index contributed by atoms with van der Waals surface area (Å²) < 4.78 is 5.64. The van der Waals surface area contributed by atoms with E-state index in [0.717, 1.165) is 37.7 Å². The Morgan fingerprint density at radius 1 is 1.12 bits per heavy atom. The van der Waals surface area contributed by atoms with Crippen molar-refractivity contribution in [2.24, 2.45) is 23.0 Å². The van der Waals surface area contributed by atoms with E-state index in [4.69, 9.17) is 22.1 Å². The van der Waals surface area contributed by atoms with Gasteiger partial charge in [-0.25, -0.2) is 0 Å². The first kappa shape index (κ1) is 15.9. The summed E-state index contributed by atoms with van der Waals surface area (Å²) in [4.78, 5) is 23.7. The molecule has 0 aliphatic heterocycles. The van der Waals surface area contributed by atoms with E-state index in [0.29, 0.717) is 17.4 Å². The van der Waals surface area contributed by atoms with Crippen LogP contribution in [0.5, 0.6) is 0 Å². The molecule has 24 heavy (non-hydrogen) atoms. The predicted molar refractivity (Wildman–Crippen MR) is 90.5 cm³/mol. The number of benzene rings is 1. The molecule has 0 spiro atoms. The van der Waals surface area contributed by atoms with Gasteiger partial charge in [-0.1, -0.05) is 12.1 Å². The number of alkyl halides is 1. The van der Waals surface area contributed by atoms with Gasteiger partial charge in [-0.15, -0.1) is 11.6 Å². The molecular weight excluding hydrogens is 326 g/mol. The molecule has 2 unspecified atom stereocenters. The van der Waals surface area contributed by atoms with Crippen molar-refractivity contribution in [2.45, 2.75) is 50.0 Å². The quantitative estimate of drug-likeness (QED) is 0.670. The molecule has 2 atom stereocenters. The molecule has 0 heterocycles. The van der Waals surface area contributed by atoms with Gasteiger partial charge in [-0.2, -0.15) is 0 Å². The molecule has 4 aliphatic rings. The van der Waals surface area contributed by atoms with Gasteiger partial charge in [-0.05, 0) is 68.1 Å². The predicted octanol–water partition coefficient (Wildman–Crippen LogP) is 3.41. The van der Waals surface area contributed by atoms with E-state index >= 15 is 0 Å². The zero-order valence-corrected chi connectivity index (χ0v) is 14.3. The summed E-state index contributed by atoms with van der Waals surface area (Å²) >= 11 is 6.78. The molecule has 1 aromatic carbocycles. The van der Waals surface area contributed by atoms with Crippen molar-refractivity contribution in [3.05, 3.63) is 35.4 Å². The first-order valence-corrected chi connectivity index (χ1v) is 9.00. The first-order valence-electron chi connectivity index (χ1n) is 8.62. The summed E-state index contributed by atoms with van der Waals surface area (Å²) in [6.07, 6.45) is 5.93. The van der Waals surface area contributed by atoms with Gasteiger partial charge in [0.15, 0.2) is 0 Å². The number of carbonyl (C=O) groups is 2. The third-order valence-corrected chi connectivity index (χ3v) is 6.47. The van der Waals surface area contributed by atoms with Gasteiger partial charge in [0, 0.05) is 10.4 Å². The molecule has 4 saturated carbocycles. The highest BCUT2D eigenvalue weighted by Gasteiger charge is 2.60. The van der Waals surface area contributed by atoms with E-state index in [2.05, 4.69) is 0 Å². The number of halogens is 1. The SMILES string of the molecule is NC(=O)c1ccc(COC(=O)C23CC4CC(CC(Cl)(C4)C2)C3)cc1. The van der Waals surface area contributed by atoms with Crippen LogP contribution in [0.4, 0.5) is 0 Å². The van der Waals surface area contributed by atoms with Crippen LogP contribution in [0.15, 0.2) is 24.3 Å². The molecule has 1 amide bonds. The highest BCUT2D eigenvalue weighted by Crippen LogP contribution is 2.64. The summed E-state index contributed by atoms with van der Waals surface area (Å²) in [5, 5.41) is 0. The number of primary amides is 1. The maximum absolute atomic E-state index is 12.8. The van der Waals surface area contributed by atoms with E-state index in [-0.39, 0.29) is 22.9 Å². The maximum Gasteiger partial charge on any atom is 0.312 e. The average Bonchev–Trinajstić information content (AvgIpc) is 2.50. The van der Waals surface area contributed by atoms with E-state index < -0.39 is 5.91 Å². The first-order chi connectivity index (χ1) is 11.4.